The maximum Gasteiger partial charge on any atom is 0.269 e. The maximum atomic E-state index is 10.4. The van der Waals surface area contributed by atoms with Gasteiger partial charge in [0.25, 0.3) is 10.1 Å². The smallest absolute Gasteiger partial charge is 0.269 e. The van der Waals surface area contributed by atoms with Crippen LogP contribution in [0.25, 0.3) is 0 Å². The van der Waals surface area contributed by atoms with Crippen LogP contribution >= 0.6 is 0 Å². The molecule has 0 atom stereocenters. The fourth-order valence-electron chi connectivity index (χ4n) is 0.914. The van der Waals surface area contributed by atoms with Crippen molar-refractivity contribution in [2.45, 2.75) is 5.75 Å². The number of rotatable bonds is 3. The van der Waals surface area contributed by atoms with Gasteiger partial charge in [0.05, 0.1) is 0 Å². The molecule has 0 aliphatic heterocycles. The summed E-state index contributed by atoms with van der Waals surface area (Å²) in [5.74, 6) is -0.504. The van der Waals surface area contributed by atoms with Crippen LogP contribution in [0, 0.1) is 4.91 Å². The topological polar surface area (TPSA) is 83.8 Å². The number of nitrogens with zero attached hydrogens (tertiary/aromatic N) is 1. The molecule has 1 N–H and O–H groups in total. The minimum atomic E-state index is -4.05. The highest BCUT2D eigenvalue weighted by molar-refractivity contribution is 7.85. The fraction of sp³-hybridized carbons (Fsp3) is 0.143. The summed E-state index contributed by atoms with van der Waals surface area (Å²) in [4.78, 5) is 10.1. The van der Waals surface area contributed by atoms with Crippen LogP contribution in [0.15, 0.2) is 29.4 Å². The lowest BCUT2D eigenvalue weighted by Gasteiger charge is -1.97. The number of nitroso groups, excluding NO2 is 1. The average molecular weight is 201 g/mol. The Morgan fingerprint density at radius 3 is 2.62 bits per heavy atom. The van der Waals surface area contributed by atoms with E-state index in [0.29, 0.717) is 5.56 Å². The summed E-state index contributed by atoms with van der Waals surface area (Å²) in [6.07, 6.45) is 0. The minimum Gasteiger partial charge on any atom is -0.285 e. The Kier molecular flexibility index (Phi) is 2.74. The van der Waals surface area contributed by atoms with Gasteiger partial charge >= 0.3 is 0 Å². The number of hydrogen-bond donors (Lipinski definition) is 1. The highest BCUT2D eigenvalue weighted by atomic mass is 32.2. The van der Waals surface area contributed by atoms with E-state index in [9.17, 15) is 13.3 Å². The molecule has 0 spiro atoms. The van der Waals surface area contributed by atoms with Crippen LogP contribution in [-0.2, 0) is 15.9 Å². The zero-order chi connectivity index (χ0) is 9.90. The highest BCUT2D eigenvalue weighted by Gasteiger charge is 2.06. The number of hydrogen-bond acceptors (Lipinski definition) is 4. The maximum absolute atomic E-state index is 10.4. The van der Waals surface area contributed by atoms with E-state index in [1.807, 2.05) is 0 Å². The SMILES string of the molecule is O=Nc1cccc(CS(=O)(=O)O)c1. The summed E-state index contributed by atoms with van der Waals surface area (Å²) < 4.78 is 29.4. The molecule has 0 fully saturated rings. The largest absolute Gasteiger partial charge is 0.285 e. The Balaban J connectivity index is 2.96. The Labute approximate surface area is 75.1 Å². The van der Waals surface area contributed by atoms with Gasteiger partial charge in [-0.1, -0.05) is 12.1 Å². The van der Waals surface area contributed by atoms with Gasteiger partial charge in [-0.2, -0.15) is 8.42 Å². The zero-order valence-corrected chi connectivity index (χ0v) is 7.36. The molecule has 1 aromatic rings. The van der Waals surface area contributed by atoms with Crippen molar-refractivity contribution in [2.75, 3.05) is 0 Å². The van der Waals surface area contributed by atoms with Crippen molar-refractivity contribution in [3.05, 3.63) is 34.7 Å². The van der Waals surface area contributed by atoms with Gasteiger partial charge in [0.15, 0.2) is 0 Å². The quantitative estimate of drug-likeness (QED) is 0.592. The summed E-state index contributed by atoms with van der Waals surface area (Å²) in [7, 11) is -4.05. The second-order valence-corrected chi connectivity index (χ2v) is 3.94. The molecule has 0 aromatic heterocycles. The first-order chi connectivity index (χ1) is 6.01. The molecule has 0 aliphatic rings. The molecule has 6 heteroatoms. The van der Waals surface area contributed by atoms with Gasteiger partial charge in [0.1, 0.15) is 11.4 Å². The first-order valence-corrected chi connectivity index (χ1v) is 4.99. The second kappa shape index (κ2) is 3.63. The molecule has 0 aliphatic carbocycles. The third-order valence-electron chi connectivity index (χ3n) is 1.37. The summed E-state index contributed by atoms with van der Waals surface area (Å²) in [6, 6.07) is 5.74. The fourth-order valence-corrected chi connectivity index (χ4v) is 1.51. The van der Waals surface area contributed by atoms with Gasteiger partial charge in [-0.25, -0.2) is 0 Å². The van der Waals surface area contributed by atoms with E-state index in [4.69, 9.17) is 4.55 Å². The molecule has 0 radical (unpaired) electrons. The van der Waals surface area contributed by atoms with Crippen LogP contribution in [0.4, 0.5) is 5.69 Å². The van der Waals surface area contributed by atoms with Crippen LogP contribution in [0.2, 0.25) is 0 Å². The molecule has 5 nitrogen and oxygen atoms in total. The Morgan fingerprint density at radius 2 is 2.08 bits per heavy atom. The van der Waals surface area contributed by atoms with Crippen LogP contribution in [0.1, 0.15) is 5.56 Å². The molecule has 0 heterocycles. The molecule has 0 bridgehead atoms. The molecule has 0 amide bonds. The van der Waals surface area contributed by atoms with Crippen LogP contribution in [0.3, 0.4) is 0 Å². The molecular weight excluding hydrogens is 194 g/mol. The molecule has 1 rings (SSSR count). The lowest BCUT2D eigenvalue weighted by molar-refractivity contribution is 0.482. The van der Waals surface area contributed by atoms with Gasteiger partial charge in [-0.3, -0.25) is 4.55 Å². The van der Waals surface area contributed by atoms with E-state index in [0.717, 1.165) is 0 Å². The molecule has 0 unspecified atom stereocenters. The Hall–Kier alpha value is -1.27. The minimum absolute atomic E-state index is 0.140. The first kappa shape index (κ1) is 9.82. The Bertz CT molecular complexity index is 412. The first-order valence-electron chi connectivity index (χ1n) is 3.39. The van der Waals surface area contributed by atoms with Gasteiger partial charge in [-0.05, 0) is 22.9 Å². The monoisotopic (exact) mass is 201 g/mol. The van der Waals surface area contributed by atoms with Crippen molar-refractivity contribution in [1.29, 1.82) is 0 Å². The van der Waals surface area contributed by atoms with Crippen LogP contribution < -0.4 is 0 Å². The normalized spacial score (nSPS) is 11.2. The molecule has 0 saturated carbocycles. The van der Waals surface area contributed by atoms with Gasteiger partial charge < -0.3 is 0 Å². The van der Waals surface area contributed by atoms with Gasteiger partial charge in [0, 0.05) is 0 Å². The van der Waals surface area contributed by atoms with Gasteiger partial charge in [-0.15, -0.1) is 4.91 Å². The third kappa shape index (κ3) is 3.30. The van der Waals surface area contributed by atoms with Crippen LogP contribution in [0.5, 0.6) is 0 Å². The lowest BCUT2D eigenvalue weighted by atomic mass is 10.2. The predicted molar refractivity (Wildman–Crippen MR) is 47.1 cm³/mol. The van der Waals surface area contributed by atoms with Crippen molar-refractivity contribution in [3.8, 4) is 0 Å². The molecular formula is C7H7NO4S. The van der Waals surface area contributed by atoms with Crippen molar-refractivity contribution >= 4 is 15.8 Å². The van der Waals surface area contributed by atoms with E-state index in [1.54, 1.807) is 0 Å². The van der Waals surface area contributed by atoms with Crippen molar-refractivity contribution < 1.29 is 13.0 Å². The second-order valence-electron chi connectivity index (χ2n) is 2.49. The van der Waals surface area contributed by atoms with Crippen molar-refractivity contribution in [2.24, 2.45) is 5.18 Å². The summed E-state index contributed by atoms with van der Waals surface area (Å²) in [6.45, 7) is 0. The number of benzene rings is 1. The molecule has 1 aromatic carbocycles. The van der Waals surface area contributed by atoms with Crippen molar-refractivity contribution in [3.63, 3.8) is 0 Å². The summed E-state index contributed by atoms with van der Waals surface area (Å²) >= 11 is 0. The van der Waals surface area contributed by atoms with E-state index in [1.165, 1.54) is 24.3 Å². The molecule has 13 heavy (non-hydrogen) atoms. The van der Waals surface area contributed by atoms with Crippen molar-refractivity contribution in [1.82, 2.24) is 0 Å². The van der Waals surface area contributed by atoms with Crippen LogP contribution in [-0.4, -0.2) is 13.0 Å². The van der Waals surface area contributed by atoms with Gasteiger partial charge in [0.2, 0.25) is 0 Å². The molecule has 70 valence electrons. The molecule has 0 saturated heterocycles. The average Bonchev–Trinajstić information content (AvgIpc) is 2.01. The lowest BCUT2D eigenvalue weighted by Crippen LogP contribution is -2.00. The van der Waals surface area contributed by atoms with E-state index in [-0.39, 0.29) is 5.69 Å². The van der Waals surface area contributed by atoms with E-state index >= 15 is 0 Å². The third-order valence-corrected chi connectivity index (χ3v) is 2.06. The highest BCUT2D eigenvalue weighted by Crippen LogP contribution is 2.14. The van der Waals surface area contributed by atoms with E-state index < -0.39 is 15.9 Å². The zero-order valence-electron chi connectivity index (χ0n) is 6.54. The summed E-state index contributed by atoms with van der Waals surface area (Å²) in [5.41, 5.74) is 0.473. The predicted octanol–water partition coefficient (Wildman–Crippen LogP) is 1.47. The Morgan fingerprint density at radius 1 is 1.38 bits per heavy atom. The standard InChI is InChI=1S/C7H7NO4S/c9-8-7-3-1-2-6(4-7)5-13(10,11)12/h1-4H,5H2,(H,10,11,12). The van der Waals surface area contributed by atoms with E-state index in [2.05, 4.69) is 5.18 Å². The summed E-state index contributed by atoms with van der Waals surface area (Å²) in [5, 5.41) is 2.63.